The van der Waals surface area contributed by atoms with E-state index in [9.17, 15) is 32.7 Å². The van der Waals surface area contributed by atoms with Crippen LogP contribution in [0.1, 0.15) is 36.1 Å². The fraction of sp³-hybridized carbons (Fsp3) is 0.344. The third kappa shape index (κ3) is 8.50. The summed E-state index contributed by atoms with van der Waals surface area (Å²) in [6.07, 6.45) is -6.51. The van der Waals surface area contributed by atoms with E-state index in [1.54, 1.807) is 30.3 Å². The Kier molecular flexibility index (Phi) is 10.7. The fourth-order valence-corrected chi connectivity index (χ4v) is 6.47. The third-order valence-corrected chi connectivity index (χ3v) is 9.27. The van der Waals surface area contributed by atoms with Crippen LogP contribution in [-0.4, -0.2) is 56.7 Å². The van der Waals surface area contributed by atoms with E-state index in [-0.39, 0.29) is 30.4 Å². The molecular weight excluding hydrogens is 629 g/mol. The number of aliphatic hydroxyl groups is 1. The molecule has 1 aliphatic heterocycles. The van der Waals surface area contributed by atoms with E-state index < -0.39 is 51.6 Å². The number of carbonyl (C=O) groups excluding carboxylic acids is 3. The van der Waals surface area contributed by atoms with Gasteiger partial charge in [0, 0.05) is 17.0 Å². The average Bonchev–Trinajstić information content (AvgIpc) is 3.31. The SMILES string of the molecule is Cc1ccccc1CNC(=O)[C@H]1N(C(=O)[C@@H](O)[C@H](Cc2ccccc2)NC(=O)Nc2ccc(Cl)c(C(F)(F)F)c2)CSC1(C)C. The van der Waals surface area contributed by atoms with Crippen LogP contribution in [0.5, 0.6) is 0 Å². The van der Waals surface area contributed by atoms with Crippen LogP contribution in [0.4, 0.5) is 23.7 Å². The number of urea groups is 1. The van der Waals surface area contributed by atoms with Gasteiger partial charge in [-0.3, -0.25) is 9.59 Å². The van der Waals surface area contributed by atoms with Crippen molar-refractivity contribution in [2.45, 2.75) is 62.8 Å². The molecule has 13 heteroatoms. The van der Waals surface area contributed by atoms with Gasteiger partial charge in [0.15, 0.2) is 6.10 Å². The molecule has 0 aliphatic carbocycles. The van der Waals surface area contributed by atoms with Gasteiger partial charge in [-0.05, 0) is 62.1 Å². The van der Waals surface area contributed by atoms with Gasteiger partial charge in [0.1, 0.15) is 6.04 Å². The van der Waals surface area contributed by atoms with Crippen LogP contribution in [-0.2, 0) is 28.7 Å². The zero-order chi connectivity index (χ0) is 32.9. The van der Waals surface area contributed by atoms with E-state index in [0.29, 0.717) is 11.6 Å². The zero-order valence-corrected chi connectivity index (χ0v) is 26.4. The molecule has 240 valence electrons. The largest absolute Gasteiger partial charge is 0.417 e. The monoisotopic (exact) mass is 662 g/mol. The first-order chi connectivity index (χ1) is 21.2. The summed E-state index contributed by atoms with van der Waals surface area (Å²) in [5.41, 5.74) is 1.30. The minimum absolute atomic E-state index is 0.0180. The second-order valence-electron chi connectivity index (χ2n) is 11.3. The Morgan fingerprint density at radius 2 is 1.73 bits per heavy atom. The van der Waals surface area contributed by atoms with Crippen molar-refractivity contribution in [1.82, 2.24) is 15.5 Å². The smallest absolute Gasteiger partial charge is 0.381 e. The molecule has 8 nitrogen and oxygen atoms in total. The van der Waals surface area contributed by atoms with Crippen LogP contribution in [0.3, 0.4) is 0 Å². The number of aryl methyl sites for hydroxylation is 1. The molecule has 0 bridgehead atoms. The van der Waals surface area contributed by atoms with Crippen molar-refractivity contribution in [1.29, 1.82) is 0 Å². The Morgan fingerprint density at radius 3 is 2.40 bits per heavy atom. The summed E-state index contributed by atoms with van der Waals surface area (Å²) < 4.78 is 39.3. The lowest BCUT2D eigenvalue weighted by Crippen LogP contribution is -2.59. The highest BCUT2D eigenvalue weighted by Gasteiger charge is 2.49. The average molecular weight is 663 g/mol. The van der Waals surface area contributed by atoms with E-state index in [1.807, 2.05) is 45.0 Å². The topological polar surface area (TPSA) is 111 Å². The van der Waals surface area contributed by atoms with Crippen molar-refractivity contribution in [2.75, 3.05) is 11.2 Å². The first-order valence-electron chi connectivity index (χ1n) is 14.1. The van der Waals surface area contributed by atoms with Crippen molar-refractivity contribution in [3.05, 3.63) is 100 Å². The summed E-state index contributed by atoms with van der Waals surface area (Å²) in [7, 11) is 0. The predicted octanol–water partition coefficient (Wildman–Crippen LogP) is 5.76. The number of alkyl halides is 3. The van der Waals surface area contributed by atoms with Gasteiger partial charge in [0.2, 0.25) is 5.91 Å². The Hall–Kier alpha value is -3.74. The quantitative estimate of drug-likeness (QED) is 0.233. The maximum atomic E-state index is 13.8. The Bertz CT molecular complexity index is 1540. The van der Waals surface area contributed by atoms with Gasteiger partial charge in [-0.2, -0.15) is 13.2 Å². The van der Waals surface area contributed by atoms with Crippen LogP contribution in [0.15, 0.2) is 72.8 Å². The molecule has 1 saturated heterocycles. The van der Waals surface area contributed by atoms with Crippen LogP contribution in [0.25, 0.3) is 0 Å². The number of carbonyl (C=O) groups is 3. The number of thioether (sulfide) groups is 1. The van der Waals surface area contributed by atoms with Gasteiger partial charge in [-0.25, -0.2) is 4.79 Å². The van der Waals surface area contributed by atoms with Crippen molar-refractivity contribution in [3.63, 3.8) is 0 Å². The lowest BCUT2D eigenvalue weighted by molar-refractivity contribution is -0.147. The lowest BCUT2D eigenvalue weighted by atomic mass is 9.97. The molecule has 45 heavy (non-hydrogen) atoms. The molecule has 0 spiro atoms. The van der Waals surface area contributed by atoms with E-state index in [1.165, 1.54) is 22.7 Å². The van der Waals surface area contributed by atoms with Gasteiger partial charge in [-0.1, -0.05) is 66.2 Å². The van der Waals surface area contributed by atoms with Gasteiger partial charge in [0.25, 0.3) is 5.91 Å². The zero-order valence-electron chi connectivity index (χ0n) is 24.8. The van der Waals surface area contributed by atoms with Gasteiger partial charge < -0.3 is 26.0 Å². The second-order valence-corrected chi connectivity index (χ2v) is 13.3. The molecule has 3 atom stereocenters. The lowest BCUT2D eigenvalue weighted by Gasteiger charge is -2.33. The molecular formula is C32H34ClF3N4O4S. The van der Waals surface area contributed by atoms with Gasteiger partial charge >= 0.3 is 12.2 Å². The maximum absolute atomic E-state index is 13.8. The minimum Gasteiger partial charge on any atom is -0.381 e. The second kappa shape index (κ2) is 14.1. The molecule has 0 aromatic heterocycles. The summed E-state index contributed by atoms with van der Waals surface area (Å²) >= 11 is 7.07. The minimum atomic E-state index is -4.74. The number of amides is 4. The highest BCUT2D eigenvalue weighted by atomic mass is 35.5. The highest BCUT2D eigenvalue weighted by Crippen LogP contribution is 2.40. The Morgan fingerprint density at radius 1 is 1.07 bits per heavy atom. The number of benzene rings is 3. The third-order valence-electron chi connectivity index (χ3n) is 7.57. The van der Waals surface area contributed by atoms with Crippen molar-refractivity contribution < 1.29 is 32.7 Å². The molecule has 4 N–H and O–H groups in total. The van der Waals surface area contributed by atoms with E-state index >= 15 is 0 Å². The first-order valence-corrected chi connectivity index (χ1v) is 15.5. The van der Waals surface area contributed by atoms with Crippen LogP contribution in [0.2, 0.25) is 5.02 Å². The molecule has 0 saturated carbocycles. The van der Waals surface area contributed by atoms with Crippen LogP contribution < -0.4 is 16.0 Å². The number of nitrogens with zero attached hydrogens (tertiary/aromatic N) is 1. The number of rotatable bonds is 9. The van der Waals surface area contributed by atoms with Crippen molar-refractivity contribution in [3.8, 4) is 0 Å². The number of halogens is 4. The standard InChI is InChI=1S/C32H34ClF3N4O4S/c1-19-9-7-8-12-21(19)17-37-28(42)27-31(2,3)45-18-40(27)29(43)26(41)25(15-20-10-5-4-6-11-20)39-30(44)38-22-13-14-24(33)23(16-22)32(34,35)36/h4-14,16,25-27,41H,15,17-18H2,1-3H3,(H,37,42)(H2,38,39,44)/t25-,26-,27+/m0/s1. The highest BCUT2D eigenvalue weighted by molar-refractivity contribution is 8.00. The molecule has 1 heterocycles. The molecule has 3 aromatic rings. The number of hydrogen-bond donors (Lipinski definition) is 4. The molecule has 1 fully saturated rings. The summed E-state index contributed by atoms with van der Waals surface area (Å²) in [6.45, 7) is 5.86. The van der Waals surface area contributed by atoms with Crippen LogP contribution >= 0.6 is 23.4 Å². The Labute approximate surface area is 268 Å². The molecule has 0 unspecified atom stereocenters. The molecule has 1 aliphatic rings. The molecule has 3 aromatic carbocycles. The first kappa shape index (κ1) is 34.1. The van der Waals surface area contributed by atoms with Gasteiger partial charge in [0.05, 0.1) is 22.5 Å². The number of nitrogens with one attached hydrogen (secondary N) is 3. The number of aliphatic hydroxyl groups excluding tert-OH is 1. The summed E-state index contributed by atoms with van der Waals surface area (Å²) in [5, 5.41) is 18.6. The van der Waals surface area contributed by atoms with Crippen molar-refractivity contribution in [2.24, 2.45) is 0 Å². The molecule has 0 radical (unpaired) electrons. The predicted molar refractivity (Wildman–Crippen MR) is 169 cm³/mol. The molecule has 4 rings (SSSR count). The van der Waals surface area contributed by atoms with E-state index in [4.69, 9.17) is 11.6 Å². The number of hydrogen-bond acceptors (Lipinski definition) is 5. The van der Waals surface area contributed by atoms with Crippen LogP contribution in [0, 0.1) is 6.92 Å². The van der Waals surface area contributed by atoms with E-state index in [2.05, 4.69) is 16.0 Å². The summed E-state index contributed by atoms with van der Waals surface area (Å²) in [6, 6.07) is 16.2. The number of anilines is 1. The summed E-state index contributed by atoms with van der Waals surface area (Å²) in [4.78, 5) is 41.6. The van der Waals surface area contributed by atoms with E-state index in [0.717, 1.165) is 17.2 Å². The molecule has 4 amide bonds. The Balaban J connectivity index is 1.53. The summed E-state index contributed by atoms with van der Waals surface area (Å²) in [5.74, 6) is -1.03. The maximum Gasteiger partial charge on any atom is 0.417 e. The fourth-order valence-electron chi connectivity index (χ4n) is 5.11. The normalized spacial score (nSPS) is 17.3. The van der Waals surface area contributed by atoms with Crippen molar-refractivity contribution >= 4 is 46.9 Å². The van der Waals surface area contributed by atoms with Gasteiger partial charge in [-0.15, -0.1) is 11.8 Å².